The van der Waals surface area contributed by atoms with Crippen LogP contribution in [0, 0.1) is 25.6 Å². The van der Waals surface area contributed by atoms with E-state index in [-0.39, 0.29) is 5.82 Å². The van der Waals surface area contributed by atoms with Crippen molar-refractivity contribution in [2.45, 2.75) is 66.5 Å². The minimum atomic E-state index is -0.0737. The van der Waals surface area contributed by atoms with Gasteiger partial charge in [-0.1, -0.05) is 39.3 Å². The van der Waals surface area contributed by atoms with Gasteiger partial charge >= 0.3 is 0 Å². The molecule has 0 saturated heterocycles. The van der Waals surface area contributed by atoms with Crippen molar-refractivity contribution in [1.29, 1.82) is 0 Å². The van der Waals surface area contributed by atoms with Crippen molar-refractivity contribution in [2.24, 2.45) is 5.92 Å². The second-order valence-electron chi connectivity index (χ2n) is 5.78. The standard InChI is InChI=1S/C17H28FN/c1-6-12(3)8-16(7-2)19-11-15-9-13(4)17(18)14(5)10-15/h9-10,12,16,19H,6-8,11H2,1-5H3. The van der Waals surface area contributed by atoms with Gasteiger partial charge in [-0.05, 0) is 49.3 Å². The molecule has 0 heterocycles. The first-order valence-electron chi connectivity index (χ1n) is 7.46. The summed E-state index contributed by atoms with van der Waals surface area (Å²) in [7, 11) is 0. The molecule has 2 unspecified atom stereocenters. The van der Waals surface area contributed by atoms with Gasteiger partial charge in [-0.3, -0.25) is 0 Å². The molecular formula is C17H28FN. The van der Waals surface area contributed by atoms with Gasteiger partial charge < -0.3 is 5.32 Å². The lowest BCUT2D eigenvalue weighted by Crippen LogP contribution is -2.29. The average Bonchev–Trinajstić information content (AvgIpc) is 2.40. The minimum Gasteiger partial charge on any atom is -0.310 e. The van der Waals surface area contributed by atoms with E-state index in [2.05, 4.69) is 26.1 Å². The van der Waals surface area contributed by atoms with Gasteiger partial charge in [0.05, 0.1) is 0 Å². The molecule has 1 N–H and O–H groups in total. The Morgan fingerprint density at radius 2 is 1.68 bits per heavy atom. The molecule has 0 amide bonds. The van der Waals surface area contributed by atoms with Gasteiger partial charge in [0, 0.05) is 12.6 Å². The molecule has 108 valence electrons. The first-order valence-corrected chi connectivity index (χ1v) is 7.46. The molecule has 19 heavy (non-hydrogen) atoms. The maximum Gasteiger partial charge on any atom is 0.129 e. The molecule has 1 aromatic carbocycles. The third-order valence-electron chi connectivity index (χ3n) is 3.97. The monoisotopic (exact) mass is 265 g/mol. The average molecular weight is 265 g/mol. The number of nitrogens with one attached hydrogen (secondary N) is 1. The van der Waals surface area contributed by atoms with Crippen LogP contribution in [0.25, 0.3) is 0 Å². The van der Waals surface area contributed by atoms with Gasteiger partial charge in [-0.15, -0.1) is 0 Å². The smallest absolute Gasteiger partial charge is 0.129 e. The van der Waals surface area contributed by atoms with Crippen LogP contribution in [-0.2, 0) is 6.54 Å². The summed E-state index contributed by atoms with van der Waals surface area (Å²) in [6, 6.07) is 4.46. The highest BCUT2D eigenvalue weighted by molar-refractivity contribution is 5.30. The SMILES string of the molecule is CCC(C)CC(CC)NCc1cc(C)c(F)c(C)c1. The van der Waals surface area contributed by atoms with Crippen LogP contribution in [0.15, 0.2) is 12.1 Å². The predicted molar refractivity (Wildman–Crippen MR) is 80.9 cm³/mol. The minimum absolute atomic E-state index is 0.0737. The van der Waals surface area contributed by atoms with E-state index in [1.807, 2.05) is 26.0 Å². The van der Waals surface area contributed by atoms with Gasteiger partial charge in [-0.25, -0.2) is 4.39 Å². The molecule has 0 saturated carbocycles. The second kappa shape index (κ2) is 7.64. The predicted octanol–water partition coefficient (Wildman–Crippen LogP) is 4.75. The third-order valence-corrected chi connectivity index (χ3v) is 3.97. The number of aryl methyl sites for hydroxylation is 2. The summed E-state index contributed by atoms with van der Waals surface area (Å²) < 4.78 is 13.6. The van der Waals surface area contributed by atoms with Crippen LogP contribution in [0.3, 0.4) is 0 Å². The van der Waals surface area contributed by atoms with Gasteiger partial charge in [0.1, 0.15) is 5.82 Å². The van der Waals surface area contributed by atoms with Crippen molar-refractivity contribution in [3.05, 3.63) is 34.6 Å². The molecule has 0 aromatic heterocycles. The Bertz CT molecular complexity index is 377. The summed E-state index contributed by atoms with van der Waals surface area (Å²) in [6.07, 6.45) is 3.59. The molecule has 0 radical (unpaired) electrons. The topological polar surface area (TPSA) is 12.0 Å². The van der Waals surface area contributed by atoms with Crippen molar-refractivity contribution < 1.29 is 4.39 Å². The lowest BCUT2D eigenvalue weighted by atomic mass is 9.97. The second-order valence-corrected chi connectivity index (χ2v) is 5.78. The van der Waals surface area contributed by atoms with Crippen LogP contribution in [0.2, 0.25) is 0 Å². The maximum atomic E-state index is 13.6. The molecule has 1 aromatic rings. The van der Waals surface area contributed by atoms with Gasteiger partial charge in [0.2, 0.25) is 0 Å². The van der Waals surface area contributed by atoms with Crippen LogP contribution in [0.5, 0.6) is 0 Å². The first kappa shape index (κ1) is 16.2. The Hall–Kier alpha value is -0.890. The van der Waals surface area contributed by atoms with E-state index in [9.17, 15) is 4.39 Å². The van der Waals surface area contributed by atoms with E-state index >= 15 is 0 Å². The zero-order valence-electron chi connectivity index (χ0n) is 13.0. The molecule has 0 fully saturated rings. The molecule has 0 aliphatic carbocycles. The number of benzene rings is 1. The van der Waals surface area contributed by atoms with Crippen molar-refractivity contribution in [3.63, 3.8) is 0 Å². The summed E-state index contributed by atoms with van der Waals surface area (Å²) in [5.41, 5.74) is 2.66. The Balaban J connectivity index is 2.60. The van der Waals surface area contributed by atoms with E-state index in [1.165, 1.54) is 18.4 Å². The van der Waals surface area contributed by atoms with E-state index < -0.39 is 0 Å². The molecule has 2 atom stereocenters. The van der Waals surface area contributed by atoms with Crippen molar-refractivity contribution in [3.8, 4) is 0 Å². The number of halogens is 1. The van der Waals surface area contributed by atoms with Crippen LogP contribution >= 0.6 is 0 Å². The fraction of sp³-hybridized carbons (Fsp3) is 0.647. The summed E-state index contributed by atoms with van der Waals surface area (Å²) in [6.45, 7) is 11.3. The van der Waals surface area contributed by atoms with Crippen LogP contribution in [0.1, 0.15) is 56.7 Å². The Labute approximate surface area is 117 Å². The lowest BCUT2D eigenvalue weighted by molar-refractivity contribution is 0.384. The van der Waals surface area contributed by atoms with E-state index in [0.29, 0.717) is 6.04 Å². The molecule has 2 heteroatoms. The number of hydrogen-bond acceptors (Lipinski definition) is 1. The maximum absolute atomic E-state index is 13.6. The lowest BCUT2D eigenvalue weighted by Gasteiger charge is -2.20. The summed E-state index contributed by atoms with van der Waals surface area (Å²) >= 11 is 0. The summed E-state index contributed by atoms with van der Waals surface area (Å²) in [4.78, 5) is 0. The van der Waals surface area contributed by atoms with Crippen molar-refractivity contribution in [2.75, 3.05) is 0 Å². The Morgan fingerprint density at radius 1 is 1.11 bits per heavy atom. The van der Waals surface area contributed by atoms with E-state index in [1.54, 1.807) is 0 Å². The zero-order valence-corrected chi connectivity index (χ0v) is 13.0. The van der Waals surface area contributed by atoms with Gasteiger partial charge in [-0.2, -0.15) is 0 Å². The quantitative estimate of drug-likeness (QED) is 0.750. The fourth-order valence-corrected chi connectivity index (χ4v) is 2.45. The van der Waals surface area contributed by atoms with Gasteiger partial charge in [0.25, 0.3) is 0 Å². The van der Waals surface area contributed by atoms with Crippen molar-refractivity contribution in [1.82, 2.24) is 5.32 Å². The highest BCUT2D eigenvalue weighted by Crippen LogP contribution is 2.16. The Morgan fingerprint density at radius 3 is 2.16 bits per heavy atom. The van der Waals surface area contributed by atoms with E-state index in [0.717, 1.165) is 30.0 Å². The Kier molecular flexibility index (Phi) is 6.50. The fourth-order valence-electron chi connectivity index (χ4n) is 2.45. The van der Waals surface area contributed by atoms with Crippen LogP contribution < -0.4 is 5.32 Å². The first-order chi connectivity index (χ1) is 8.97. The molecule has 0 aliphatic rings. The highest BCUT2D eigenvalue weighted by atomic mass is 19.1. The molecule has 1 nitrogen and oxygen atoms in total. The molecule has 0 bridgehead atoms. The number of rotatable bonds is 7. The molecule has 1 rings (SSSR count). The molecular weight excluding hydrogens is 237 g/mol. The third kappa shape index (κ3) is 4.94. The van der Waals surface area contributed by atoms with Crippen LogP contribution in [-0.4, -0.2) is 6.04 Å². The largest absolute Gasteiger partial charge is 0.310 e. The normalized spacial score (nSPS) is 14.4. The highest BCUT2D eigenvalue weighted by Gasteiger charge is 2.10. The van der Waals surface area contributed by atoms with Crippen LogP contribution in [0.4, 0.5) is 4.39 Å². The zero-order chi connectivity index (χ0) is 14.4. The summed E-state index contributed by atoms with van der Waals surface area (Å²) in [5, 5.41) is 3.60. The number of hydrogen-bond donors (Lipinski definition) is 1. The van der Waals surface area contributed by atoms with Crippen molar-refractivity contribution >= 4 is 0 Å². The molecule has 0 spiro atoms. The molecule has 0 aliphatic heterocycles. The van der Waals surface area contributed by atoms with E-state index in [4.69, 9.17) is 0 Å². The van der Waals surface area contributed by atoms with Gasteiger partial charge in [0.15, 0.2) is 0 Å². The summed E-state index contributed by atoms with van der Waals surface area (Å²) in [5.74, 6) is 0.685.